The molecule has 3 aliphatic rings. The van der Waals surface area contributed by atoms with Crippen LogP contribution in [0.1, 0.15) is 25.5 Å². The van der Waals surface area contributed by atoms with Crippen molar-refractivity contribution in [2.45, 2.75) is 26.2 Å². The second kappa shape index (κ2) is 5.81. The number of anilines is 1. The van der Waals surface area contributed by atoms with E-state index in [-0.39, 0.29) is 17.2 Å². The number of aromatic nitrogens is 1. The van der Waals surface area contributed by atoms with Crippen LogP contribution in [0.5, 0.6) is 0 Å². The van der Waals surface area contributed by atoms with Crippen molar-refractivity contribution in [2.75, 3.05) is 44.7 Å². The van der Waals surface area contributed by atoms with Gasteiger partial charge in [-0.15, -0.1) is 11.3 Å². The molecule has 0 aromatic carbocycles. The second-order valence-electron chi connectivity index (χ2n) is 7.77. The van der Waals surface area contributed by atoms with E-state index in [1.807, 2.05) is 10.3 Å². The summed E-state index contributed by atoms with van der Waals surface area (Å²) in [6.45, 7) is 6.91. The molecule has 0 N–H and O–H groups in total. The van der Waals surface area contributed by atoms with E-state index in [2.05, 4.69) is 23.9 Å². The molecular formula is C17H24N4O2S. The van der Waals surface area contributed by atoms with E-state index in [9.17, 15) is 9.59 Å². The average Bonchev–Trinajstić information content (AvgIpc) is 3.22. The number of fused-ring (bicyclic) bond motifs is 1. The van der Waals surface area contributed by atoms with Crippen LogP contribution in [0, 0.1) is 11.3 Å². The molecule has 0 aliphatic carbocycles. The van der Waals surface area contributed by atoms with Crippen molar-refractivity contribution in [2.24, 2.45) is 11.3 Å². The SMILES string of the molecule is CN1C[C@@H]2CN(C(=O)Cc3csc(N4CCCC4=O)n3)C[C@]2(C)C1. The van der Waals surface area contributed by atoms with E-state index in [1.165, 1.54) is 11.3 Å². The maximum Gasteiger partial charge on any atom is 0.228 e. The third kappa shape index (κ3) is 2.73. The van der Waals surface area contributed by atoms with Crippen molar-refractivity contribution >= 4 is 28.3 Å². The fourth-order valence-electron chi connectivity index (χ4n) is 4.44. The predicted octanol–water partition coefficient (Wildman–Crippen LogP) is 1.22. The zero-order chi connectivity index (χ0) is 16.9. The Labute approximate surface area is 146 Å². The molecule has 0 spiro atoms. The Bertz CT molecular complexity index is 675. The number of rotatable bonds is 3. The van der Waals surface area contributed by atoms with Gasteiger partial charge in [0.15, 0.2) is 5.13 Å². The molecule has 3 saturated heterocycles. The van der Waals surface area contributed by atoms with Gasteiger partial charge in [0, 0.05) is 49.9 Å². The van der Waals surface area contributed by atoms with Gasteiger partial charge in [-0.05, 0) is 19.4 Å². The maximum atomic E-state index is 12.7. The molecule has 1 aromatic rings. The zero-order valence-corrected chi connectivity index (χ0v) is 15.1. The third-order valence-corrected chi connectivity index (χ3v) is 6.58. The molecule has 130 valence electrons. The summed E-state index contributed by atoms with van der Waals surface area (Å²) in [6.07, 6.45) is 1.85. The van der Waals surface area contributed by atoms with Crippen molar-refractivity contribution in [1.82, 2.24) is 14.8 Å². The van der Waals surface area contributed by atoms with Crippen molar-refractivity contribution in [3.8, 4) is 0 Å². The zero-order valence-electron chi connectivity index (χ0n) is 14.3. The first-order chi connectivity index (χ1) is 11.4. The van der Waals surface area contributed by atoms with Gasteiger partial charge < -0.3 is 9.80 Å². The molecule has 2 amide bonds. The summed E-state index contributed by atoms with van der Waals surface area (Å²) in [5, 5.41) is 2.66. The quantitative estimate of drug-likeness (QED) is 0.824. The van der Waals surface area contributed by atoms with Crippen molar-refractivity contribution in [3.63, 3.8) is 0 Å². The Morgan fingerprint density at radius 3 is 2.96 bits per heavy atom. The summed E-state index contributed by atoms with van der Waals surface area (Å²) in [4.78, 5) is 35.1. The normalized spacial score (nSPS) is 30.4. The van der Waals surface area contributed by atoms with E-state index in [0.717, 1.165) is 50.0 Å². The van der Waals surface area contributed by atoms with Crippen LogP contribution in [-0.4, -0.2) is 66.4 Å². The fourth-order valence-corrected chi connectivity index (χ4v) is 5.31. The standard InChI is InChI=1S/C17H24N4O2S/c1-17-10-19(2)7-12(17)8-20(11-17)15(23)6-13-9-24-16(18-13)21-5-3-4-14(21)22/h9,12H,3-8,10-11H2,1-2H3/t12-,17+/m1/s1. The number of carbonyl (C=O) groups is 2. The fraction of sp³-hybridized carbons (Fsp3) is 0.706. The van der Waals surface area contributed by atoms with Crippen LogP contribution in [0.4, 0.5) is 5.13 Å². The monoisotopic (exact) mass is 348 g/mol. The van der Waals surface area contributed by atoms with Gasteiger partial charge in [-0.2, -0.15) is 0 Å². The highest BCUT2D eigenvalue weighted by atomic mass is 32.1. The van der Waals surface area contributed by atoms with Crippen LogP contribution < -0.4 is 4.90 Å². The highest BCUT2D eigenvalue weighted by molar-refractivity contribution is 7.14. The maximum absolute atomic E-state index is 12.7. The molecule has 4 rings (SSSR count). The van der Waals surface area contributed by atoms with Crippen molar-refractivity contribution in [3.05, 3.63) is 11.1 Å². The summed E-state index contributed by atoms with van der Waals surface area (Å²) < 4.78 is 0. The smallest absolute Gasteiger partial charge is 0.228 e. The Balaban J connectivity index is 1.39. The molecule has 0 saturated carbocycles. The molecular weight excluding hydrogens is 324 g/mol. The molecule has 6 nitrogen and oxygen atoms in total. The molecule has 0 radical (unpaired) electrons. The van der Waals surface area contributed by atoms with Gasteiger partial charge in [-0.1, -0.05) is 6.92 Å². The molecule has 0 bridgehead atoms. The van der Waals surface area contributed by atoms with Crippen LogP contribution >= 0.6 is 11.3 Å². The minimum atomic E-state index is 0.145. The predicted molar refractivity (Wildman–Crippen MR) is 93.1 cm³/mol. The Morgan fingerprint density at radius 2 is 2.25 bits per heavy atom. The number of thiazole rings is 1. The molecule has 2 atom stereocenters. The Morgan fingerprint density at radius 1 is 1.42 bits per heavy atom. The molecule has 1 aromatic heterocycles. The molecule has 0 unspecified atom stereocenters. The summed E-state index contributed by atoms with van der Waals surface area (Å²) in [6, 6.07) is 0. The highest BCUT2D eigenvalue weighted by Crippen LogP contribution is 2.41. The van der Waals surface area contributed by atoms with Gasteiger partial charge in [0.2, 0.25) is 11.8 Å². The first-order valence-corrected chi connectivity index (χ1v) is 9.54. The van der Waals surface area contributed by atoms with Gasteiger partial charge in [-0.3, -0.25) is 14.5 Å². The topological polar surface area (TPSA) is 56.8 Å². The average molecular weight is 348 g/mol. The van der Waals surface area contributed by atoms with E-state index in [1.54, 1.807) is 4.90 Å². The summed E-state index contributed by atoms with van der Waals surface area (Å²) >= 11 is 1.47. The van der Waals surface area contributed by atoms with Gasteiger partial charge in [-0.25, -0.2) is 4.98 Å². The number of likely N-dealkylation sites (tertiary alicyclic amines) is 2. The Kier molecular flexibility index (Phi) is 3.88. The second-order valence-corrected chi connectivity index (χ2v) is 8.61. The lowest BCUT2D eigenvalue weighted by Crippen LogP contribution is -2.35. The largest absolute Gasteiger partial charge is 0.341 e. The van der Waals surface area contributed by atoms with Crippen LogP contribution in [0.25, 0.3) is 0 Å². The molecule has 7 heteroatoms. The van der Waals surface area contributed by atoms with Crippen LogP contribution in [0.3, 0.4) is 0 Å². The minimum Gasteiger partial charge on any atom is -0.341 e. The van der Waals surface area contributed by atoms with Crippen molar-refractivity contribution < 1.29 is 9.59 Å². The number of amides is 2. The molecule has 24 heavy (non-hydrogen) atoms. The van der Waals surface area contributed by atoms with E-state index in [4.69, 9.17) is 0 Å². The van der Waals surface area contributed by atoms with E-state index >= 15 is 0 Å². The number of hydrogen-bond donors (Lipinski definition) is 0. The van der Waals surface area contributed by atoms with Gasteiger partial charge in [0.1, 0.15) is 0 Å². The van der Waals surface area contributed by atoms with Crippen LogP contribution in [0.15, 0.2) is 5.38 Å². The van der Waals surface area contributed by atoms with Gasteiger partial charge in [0.25, 0.3) is 0 Å². The Hall–Kier alpha value is -1.47. The molecule has 3 aliphatic heterocycles. The first kappa shape index (κ1) is 16.0. The lowest BCUT2D eigenvalue weighted by atomic mass is 9.83. The van der Waals surface area contributed by atoms with Gasteiger partial charge >= 0.3 is 0 Å². The number of nitrogens with zero attached hydrogens (tertiary/aromatic N) is 4. The summed E-state index contributed by atoms with van der Waals surface area (Å²) in [5.74, 6) is 0.893. The van der Waals surface area contributed by atoms with E-state index < -0.39 is 0 Å². The van der Waals surface area contributed by atoms with Crippen molar-refractivity contribution in [1.29, 1.82) is 0 Å². The summed E-state index contributed by atoms with van der Waals surface area (Å²) in [5.41, 5.74) is 1.03. The lowest BCUT2D eigenvalue weighted by molar-refractivity contribution is -0.130. The van der Waals surface area contributed by atoms with E-state index in [0.29, 0.717) is 18.8 Å². The number of hydrogen-bond acceptors (Lipinski definition) is 5. The molecule has 3 fully saturated rings. The van der Waals surface area contributed by atoms with Crippen LogP contribution in [-0.2, 0) is 16.0 Å². The molecule has 4 heterocycles. The third-order valence-electron chi connectivity index (χ3n) is 5.67. The first-order valence-electron chi connectivity index (χ1n) is 8.66. The van der Waals surface area contributed by atoms with Crippen LogP contribution in [0.2, 0.25) is 0 Å². The number of carbonyl (C=O) groups excluding carboxylic acids is 2. The minimum absolute atomic E-state index is 0.145. The van der Waals surface area contributed by atoms with Gasteiger partial charge in [0.05, 0.1) is 12.1 Å². The lowest BCUT2D eigenvalue weighted by Gasteiger charge is -2.23. The highest BCUT2D eigenvalue weighted by Gasteiger charge is 2.49. The summed E-state index contributed by atoms with van der Waals surface area (Å²) in [7, 11) is 2.16.